The molecule has 0 saturated carbocycles. The Balaban J connectivity index is 0. The van der Waals surface area contributed by atoms with Crippen LogP contribution in [0.2, 0.25) is 0 Å². The Bertz CT molecular complexity index is 874. The van der Waals surface area contributed by atoms with Crippen molar-refractivity contribution in [2.45, 2.75) is 26.0 Å². The second-order valence-corrected chi connectivity index (χ2v) is 6.24. The standard InChI is InChI=1S/C16H14F5NO.C6H10.CH3F.CH3NO/c1-22-15(10-2-4-12(18)5-3-10)11-6-13(19)8-14(7-11)23-16(20,21)9-17;1-4-6(3)5-2;1-2;2-1-3/h2-8,15,22H,9H2,1H3;4-5H,1H2,2-3H3;1H3;1H,(H2,2,3)/b;6-5-;;/t15-;;;/m1.../s1. The van der Waals surface area contributed by atoms with Gasteiger partial charge in [-0.25, -0.2) is 13.2 Å². The number of ether oxygens (including phenoxy) is 1. The van der Waals surface area contributed by atoms with Gasteiger partial charge in [-0.1, -0.05) is 36.4 Å². The quantitative estimate of drug-likeness (QED) is 0.281. The predicted molar refractivity (Wildman–Crippen MR) is 122 cm³/mol. The van der Waals surface area contributed by atoms with E-state index in [9.17, 15) is 26.3 Å². The van der Waals surface area contributed by atoms with Gasteiger partial charge in [0, 0.05) is 6.07 Å². The van der Waals surface area contributed by atoms with Crippen molar-refractivity contribution < 1.29 is 35.9 Å². The number of allylic oxidation sites excluding steroid dienone is 3. The van der Waals surface area contributed by atoms with Crippen LogP contribution in [-0.4, -0.2) is 33.4 Å². The molecule has 0 aliphatic carbocycles. The molecule has 10 heteroatoms. The maximum Gasteiger partial charge on any atom is 0.427 e. The predicted octanol–water partition coefficient (Wildman–Crippen LogP) is 6.04. The fourth-order valence-corrected chi connectivity index (χ4v) is 2.31. The van der Waals surface area contributed by atoms with E-state index in [1.807, 2.05) is 26.0 Å². The third-order valence-electron chi connectivity index (χ3n) is 3.92. The van der Waals surface area contributed by atoms with Gasteiger partial charge in [0.1, 0.15) is 17.4 Å². The molecule has 4 nitrogen and oxygen atoms in total. The normalized spacial score (nSPS) is 11.3. The lowest BCUT2D eigenvalue weighted by Crippen LogP contribution is -2.27. The van der Waals surface area contributed by atoms with E-state index in [0.717, 1.165) is 12.1 Å². The van der Waals surface area contributed by atoms with Crippen molar-refractivity contribution >= 4 is 6.41 Å². The van der Waals surface area contributed by atoms with Crippen molar-refractivity contribution in [3.63, 3.8) is 0 Å². The van der Waals surface area contributed by atoms with Gasteiger partial charge in [0.15, 0.2) is 6.67 Å². The molecule has 3 N–H and O–H groups in total. The Morgan fingerprint density at radius 3 is 2.03 bits per heavy atom. The minimum absolute atomic E-state index is 0.250. The van der Waals surface area contributed by atoms with Gasteiger partial charge in [-0.3, -0.25) is 9.18 Å². The van der Waals surface area contributed by atoms with E-state index < -0.39 is 36.2 Å². The molecule has 0 bridgehead atoms. The summed E-state index contributed by atoms with van der Waals surface area (Å²) in [7, 11) is 2.08. The zero-order chi connectivity index (χ0) is 26.7. The van der Waals surface area contributed by atoms with E-state index in [-0.39, 0.29) is 12.0 Å². The van der Waals surface area contributed by atoms with Crippen LogP contribution >= 0.6 is 0 Å². The summed E-state index contributed by atoms with van der Waals surface area (Å²) in [6.45, 7) is 5.56. The summed E-state index contributed by atoms with van der Waals surface area (Å²) in [5.74, 6) is -1.74. The number of benzene rings is 2. The first-order chi connectivity index (χ1) is 16.1. The van der Waals surface area contributed by atoms with Gasteiger partial charge >= 0.3 is 6.11 Å². The molecule has 0 radical (unpaired) electrons. The van der Waals surface area contributed by atoms with E-state index in [0.29, 0.717) is 12.7 Å². The van der Waals surface area contributed by atoms with Crippen LogP contribution in [0.25, 0.3) is 0 Å². The number of alkyl halides is 4. The van der Waals surface area contributed by atoms with E-state index >= 15 is 0 Å². The number of rotatable bonds is 7. The number of hydrogen-bond donors (Lipinski definition) is 2. The fraction of sp³-hybridized carbons (Fsp3) is 0.292. The van der Waals surface area contributed by atoms with E-state index in [1.54, 1.807) is 7.05 Å². The Kier molecular flexibility index (Phi) is 17.6. The number of carbonyl (C=O) groups excluding carboxylic acids is 1. The number of primary amides is 1. The number of halogens is 6. The minimum atomic E-state index is -4.03. The average molecular weight is 493 g/mol. The summed E-state index contributed by atoms with van der Waals surface area (Å²) >= 11 is 0. The van der Waals surface area contributed by atoms with Crippen LogP contribution in [0.4, 0.5) is 26.3 Å². The van der Waals surface area contributed by atoms with Gasteiger partial charge in [0.2, 0.25) is 6.41 Å². The lowest BCUT2D eigenvalue weighted by molar-refractivity contribution is -0.186. The molecule has 0 saturated heterocycles. The van der Waals surface area contributed by atoms with Crippen LogP contribution in [0.5, 0.6) is 5.75 Å². The summed E-state index contributed by atoms with van der Waals surface area (Å²) in [6.07, 6.45) is 0.0725. The van der Waals surface area contributed by atoms with Crippen LogP contribution in [0.15, 0.2) is 66.8 Å². The highest BCUT2D eigenvalue weighted by atomic mass is 19.3. The SMILES string of the molecule is C=C/C(C)=C\C.CF.CN[C@H](c1ccc(F)cc1)c1cc(F)cc(OC(F)(F)CF)c1.NC=O. The molecule has 0 unspecified atom stereocenters. The largest absolute Gasteiger partial charge is 0.431 e. The molecule has 2 aromatic rings. The lowest BCUT2D eigenvalue weighted by atomic mass is 9.98. The molecular weight excluding hydrogens is 462 g/mol. The highest BCUT2D eigenvalue weighted by Gasteiger charge is 2.32. The zero-order valence-corrected chi connectivity index (χ0v) is 19.4. The van der Waals surface area contributed by atoms with Gasteiger partial charge in [-0.15, -0.1) is 0 Å². The van der Waals surface area contributed by atoms with Gasteiger partial charge in [0.05, 0.1) is 13.2 Å². The highest BCUT2D eigenvalue weighted by Crippen LogP contribution is 2.29. The van der Waals surface area contributed by atoms with Gasteiger partial charge < -0.3 is 15.8 Å². The second kappa shape index (κ2) is 18.2. The Labute approximate surface area is 196 Å². The summed E-state index contributed by atoms with van der Waals surface area (Å²) in [5, 5.41) is 2.88. The Morgan fingerprint density at radius 1 is 1.12 bits per heavy atom. The molecule has 0 aliphatic heterocycles. The molecule has 34 heavy (non-hydrogen) atoms. The molecule has 2 aromatic carbocycles. The monoisotopic (exact) mass is 492 g/mol. The van der Waals surface area contributed by atoms with Crippen molar-refractivity contribution in [1.29, 1.82) is 0 Å². The summed E-state index contributed by atoms with van der Waals surface area (Å²) in [6, 6.07) is 7.90. The van der Waals surface area contributed by atoms with E-state index in [4.69, 9.17) is 4.79 Å². The molecule has 0 spiro atoms. The third kappa shape index (κ3) is 13.3. The van der Waals surface area contributed by atoms with Crippen molar-refractivity contribution in [3.05, 3.63) is 89.5 Å². The van der Waals surface area contributed by atoms with Crippen molar-refractivity contribution in [1.82, 2.24) is 5.32 Å². The maximum absolute atomic E-state index is 13.7. The molecule has 0 heterocycles. The topological polar surface area (TPSA) is 64.3 Å². The molecule has 0 aromatic heterocycles. The van der Waals surface area contributed by atoms with Crippen LogP contribution in [-0.2, 0) is 4.79 Å². The van der Waals surface area contributed by atoms with Crippen LogP contribution < -0.4 is 15.8 Å². The summed E-state index contributed by atoms with van der Waals surface area (Å²) < 4.78 is 78.5. The fourth-order valence-electron chi connectivity index (χ4n) is 2.31. The molecule has 0 aliphatic rings. The van der Waals surface area contributed by atoms with Gasteiger partial charge in [0.25, 0.3) is 0 Å². The Morgan fingerprint density at radius 2 is 1.65 bits per heavy atom. The molecule has 2 rings (SSSR count). The van der Waals surface area contributed by atoms with Crippen LogP contribution in [0, 0.1) is 11.6 Å². The minimum Gasteiger partial charge on any atom is -0.431 e. The first-order valence-corrected chi connectivity index (χ1v) is 9.71. The second-order valence-electron chi connectivity index (χ2n) is 6.24. The number of nitrogens with one attached hydrogen (secondary N) is 1. The average Bonchev–Trinajstić information content (AvgIpc) is 2.82. The highest BCUT2D eigenvalue weighted by molar-refractivity contribution is 5.42. The number of carbonyl (C=O) groups is 1. The third-order valence-corrected chi connectivity index (χ3v) is 3.92. The summed E-state index contributed by atoms with van der Waals surface area (Å²) in [4.78, 5) is 8.58. The molecule has 1 amide bonds. The number of nitrogens with two attached hydrogens (primary N) is 1. The molecule has 0 fully saturated rings. The maximum atomic E-state index is 13.7. The molecular formula is C24H30F6N2O2. The number of amides is 1. The molecule has 1 atom stereocenters. The Hall–Kier alpha value is -3.27. The summed E-state index contributed by atoms with van der Waals surface area (Å²) in [5.41, 5.74) is 6.28. The van der Waals surface area contributed by atoms with E-state index in [2.05, 4.69) is 22.4 Å². The molecule has 190 valence electrons. The first kappa shape index (κ1) is 32.9. The zero-order valence-electron chi connectivity index (χ0n) is 19.4. The van der Waals surface area contributed by atoms with E-state index in [1.165, 1.54) is 35.9 Å². The van der Waals surface area contributed by atoms with Crippen molar-refractivity contribution in [2.75, 3.05) is 20.9 Å². The van der Waals surface area contributed by atoms with Crippen LogP contribution in [0.3, 0.4) is 0 Å². The van der Waals surface area contributed by atoms with Gasteiger partial charge in [-0.05, 0) is 56.3 Å². The van der Waals surface area contributed by atoms with Crippen molar-refractivity contribution in [3.8, 4) is 5.75 Å². The lowest BCUT2D eigenvalue weighted by Gasteiger charge is -2.20. The van der Waals surface area contributed by atoms with Crippen LogP contribution in [0.1, 0.15) is 31.0 Å². The smallest absolute Gasteiger partial charge is 0.427 e. The van der Waals surface area contributed by atoms with Gasteiger partial charge in [-0.2, -0.15) is 8.78 Å². The first-order valence-electron chi connectivity index (χ1n) is 9.71. The number of hydrogen-bond acceptors (Lipinski definition) is 3. The van der Waals surface area contributed by atoms with Crippen molar-refractivity contribution in [2.24, 2.45) is 5.73 Å².